The zero-order chi connectivity index (χ0) is 18.1. The fourth-order valence-corrected chi connectivity index (χ4v) is 4.21. The summed E-state index contributed by atoms with van der Waals surface area (Å²) in [4.78, 5) is 32.6. The molecule has 1 aliphatic heterocycles. The fraction of sp³-hybridized carbons (Fsp3) is 0.421. The van der Waals surface area contributed by atoms with Crippen LogP contribution in [-0.4, -0.2) is 43.8 Å². The van der Waals surface area contributed by atoms with Gasteiger partial charge in [-0.1, -0.05) is 0 Å². The van der Waals surface area contributed by atoms with Crippen LogP contribution in [0.15, 0.2) is 23.7 Å². The quantitative estimate of drug-likeness (QED) is 0.711. The Hall–Kier alpha value is -2.41. The van der Waals surface area contributed by atoms with Gasteiger partial charge in [-0.05, 0) is 38.8 Å². The van der Waals surface area contributed by atoms with Crippen LogP contribution in [0.2, 0.25) is 0 Å². The molecule has 0 saturated carbocycles. The number of hydrogen-bond acceptors (Lipinski definition) is 6. The summed E-state index contributed by atoms with van der Waals surface area (Å²) in [5, 5.41) is 3.97. The van der Waals surface area contributed by atoms with Crippen molar-refractivity contribution < 1.29 is 4.79 Å². The highest BCUT2D eigenvalue weighted by Crippen LogP contribution is 2.30. The number of fused-ring (bicyclic) bond motifs is 1. The molecular formula is C19H21N5OS. The average molecular weight is 367 g/mol. The minimum atomic E-state index is 0.146. The van der Waals surface area contributed by atoms with Gasteiger partial charge in [-0.15, -0.1) is 11.3 Å². The van der Waals surface area contributed by atoms with Crippen LogP contribution in [0.25, 0.3) is 11.0 Å². The minimum Gasteiger partial charge on any atom is -0.342 e. The van der Waals surface area contributed by atoms with Gasteiger partial charge in [-0.2, -0.15) is 0 Å². The molecule has 3 aromatic rings. The molecule has 1 saturated heterocycles. The monoisotopic (exact) mass is 367 g/mol. The molecule has 0 spiro atoms. The summed E-state index contributed by atoms with van der Waals surface area (Å²) < 4.78 is 0. The fourth-order valence-electron chi connectivity index (χ4n) is 3.59. The maximum absolute atomic E-state index is 12.7. The number of aryl methyl sites for hydroxylation is 2. The van der Waals surface area contributed by atoms with E-state index in [-0.39, 0.29) is 11.8 Å². The van der Waals surface area contributed by atoms with E-state index in [9.17, 15) is 4.79 Å². The van der Waals surface area contributed by atoms with Gasteiger partial charge in [-0.3, -0.25) is 4.79 Å². The van der Waals surface area contributed by atoms with E-state index in [1.807, 2.05) is 36.3 Å². The normalized spacial score (nSPS) is 17.6. The van der Waals surface area contributed by atoms with Crippen LogP contribution in [0.4, 0.5) is 0 Å². The molecule has 1 aliphatic rings. The number of carbonyl (C=O) groups is 1. The number of rotatable bonds is 3. The Morgan fingerprint density at radius 2 is 2.19 bits per heavy atom. The van der Waals surface area contributed by atoms with E-state index in [2.05, 4.69) is 15.0 Å². The highest BCUT2D eigenvalue weighted by atomic mass is 32.1. The summed E-state index contributed by atoms with van der Waals surface area (Å²) in [6.45, 7) is 5.36. The largest absolute Gasteiger partial charge is 0.342 e. The molecule has 0 aliphatic carbocycles. The minimum absolute atomic E-state index is 0.146. The van der Waals surface area contributed by atoms with Crippen LogP contribution in [0.1, 0.15) is 41.0 Å². The van der Waals surface area contributed by atoms with Crippen LogP contribution in [-0.2, 0) is 11.2 Å². The summed E-state index contributed by atoms with van der Waals surface area (Å²) in [6, 6.07) is 3.94. The van der Waals surface area contributed by atoms with Gasteiger partial charge in [0.2, 0.25) is 5.91 Å². The van der Waals surface area contributed by atoms with Crippen molar-refractivity contribution in [2.45, 2.75) is 39.0 Å². The molecule has 0 aromatic carbocycles. The summed E-state index contributed by atoms with van der Waals surface area (Å²) in [7, 11) is 0. The predicted molar refractivity (Wildman–Crippen MR) is 101 cm³/mol. The maximum atomic E-state index is 12.7. The van der Waals surface area contributed by atoms with E-state index >= 15 is 0 Å². The summed E-state index contributed by atoms with van der Waals surface area (Å²) >= 11 is 1.59. The number of thiazole rings is 1. The first-order valence-electron chi connectivity index (χ1n) is 8.88. The summed E-state index contributed by atoms with van der Waals surface area (Å²) in [5.41, 5.74) is 2.62. The number of pyridine rings is 1. The molecule has 4 rings (SSSR count). The third kappa shape index (κ3) is 3.44. The Bertz CT molecular complexity index is 954. The molecule has 6 nitrogen and oxygen atoms in total. The standard InChI is InChI=1S/C19H21N5OS/c1-12-21-18(16-6-3-7-20-19(16)22-12)14-5-4-8-24(10-14)17(25)9-15-11-26-13(2)23-15/h3,6-7,11,14H,4-5,8-10H2,1-2H3. The molecule has 0 radical (unpaired) electrons. The van der Waals surface area contributed by atoms with Crippen molar-refractivity contribution in [3.05, 3.63) is 45.9 Å². The number of likely N-dealkylation sites (tertiary alicyclic amines) is 1. The van der Waals surface area contributed by atoms with E-state index in [1.165, 1.54) is 0 Å². The Balaban J connectivity index is 1.56. The number of aromatic nitrogens is 4. The molecule has 4 heterocycles. The highest BCUT2D eigenvalue weighted by Gasteiger charge is 2.27. The van der Waals surface area contributed by atoms with Gasteiger partial charge < -0.3 is 4.90 Å². The van der Waals surface area contributed by atoms with Gasteiger partial charge in [0.05, 0.1) is 22.8 Å². The molecule has 1 amide bonds. The Morgan fingerprint density at radius 1 is 1.31 bits per heavy atom. The second-order valence-corrected chi connectivity index (χ2v) is 7.81. The van der Waals surface area contributed by atoms with Crippen LogP contribution < -0.4 is 0 Å². The van der Waals surface area contributed by atoms with E-state index in [1.54, 1.807) is 17.5 Å². The van der Waals surface area contributed by atoms with Crippen molar-refractivity contribution in [1.29, 1.82) is 0 Å². The van der Waals surface area contributed by atoms with Gasteiger partial charge in [0.15, 0.2) is 5.65 Å². The molecule has 134 valence electrons. The first-order valence-corrected chi connectivity index (χ1v) is 9.76. The van der Waals surface area contributed by atoms with E-state index in [4.69, 9.17) is 4.98 Å². The van der Waals surface area contributed by atoms with Gasteiger partial charge in [0.1, 0.15) is 5.82 Å². The third-order valence-electron chi connectivity index (χ3n) is 4.77. The second kappa shape index (κ2) is 7.07. The molecule has 1 fully saturated rings. The first-order chi connectivity index (χ1) is 12.6. The van der Waals surface area contributed by atoms with Crippen LogP contribution in [0.3, 0.4) is 0 Å². The number of nitrogens with zero attached hydrogens (tertiary/aromatic N) is 5. The van der Waals surface area contributed by atoms with Crippen molar-refractivity contribution in [2.24, 2.45) is 0 Å². The van der Waals surface area contributed by atoms with Crippen molar-refractivity contribution in [3.8, 4) is 0 Å². The van der Waals surface area contributed by atoms with Gasteiger partial charge in [-0.25, -0.2) is 19.9 Å². The zero-order valence-electron chi connectivity index (χ0n) is 15.0. The Morgan fingerprint density at radius 3 is 3.00 bits per heavy atom. The number of carbonyl (C=O) groups excluding carboxylic acids is 1. The third-order valence-corrected chi connectivity index (χ3v) is 5.59. The Kier molecular flexibility index (Phi) is 4.63. The second-order valence-electron chi connectivity index (χ2n) is 6.74. The molecule has 7 heteroatoms. The molecule has 1 unspecified atom stereocenters. The van der Waals surface area contributed by atoms with Gasteiger partial charge in [0, 0.05) is 36.0 Å². The SMILES string of the molecule is Cc1nc(C2CCCN(C(=O)Cc3csc(C)n3)C2)c2cccnc2n1. The number of amides is 1. The van der Waals surface area contributed by atoms with Crippen LogP contribution in [0.5, 0.6) is 0 Å². The van der Waals surface area contributed by atoms with Crippen molar-refractivity contribution in [1.82, 2.24) is 24.8 Å². The van der Waals surface area contributed by atoms with Crippen molar-refractivity contribution in [3.63, 3.8) is 0 Å². The molecule has 0 N–H and O–H groups in total. The predicted octanol–water partition coefficient (Wildman–Crippen LogP) is 3.05. The zero-order valence-corrected chi connectivity index (χ0v) is 15.8. The molecule has 0 bridgehead atoms. The van der Waals surface area contributed by atoms with Crippen LogP contribution in [0, 0.1) is 13.8 Å². The Labute approximate surface area is 156 Å². The lowest BCUT2D eigenvalue weighted by Gasteiger charge is -2.33. The van der Waals surface area contributed by atoms with Gasteiger partial charge in [0.25, 0.3) is 0 Å². The lowest BCUT2D eigenvalue weighted by Crippen LogP contribution is -2.40. The molecular weight excluding hydrogens is 346 g/mol. The van der Waals surface area contributed by atoms with E-state index in [0.717, 1.165) is 52.6 Å². The first kappa shape index (κ1) is 17.0. The lowest BCUT2D eigenvalue weighted by molar-refractivity contribution is -0.131. The van der Waals surface area contributed by atoms with E-state index in [0.29, 0.717) is 13.0 Å². The number of hydrogen-bond donors (Lipinski definition) is 0. The van der Waals surface area contributed by atoms with Crippen molar-refractivity contribution in [2.75, 3.05) is 13.1 Å². The van der Waals surface area contributed by atoms with Crippen LogP contribution >= 0.6 is 11.3 Å². The maximum Gasteiger partial charge on any atom is 0.228 e. The summed E-state index contributed by atoms with van der Waals surface area (Å²) in [5.74, 6) is 1.10. The smallest absolute Gasteiger partial charge is 0.228 e. The number of piperidine rings is 1. The molecule has 1 atom stereocenters. The van der Waals surface area contributed by atoms with Crippen molar-refractivity contribution >= 4 is 28.3 Å². The molecule has 26 heavy (non-hydrogen) atoms. The summed E-state index contributed by atoms with van der Waals surface area (Å²) in [6.07, 6.45) is 4.14. The average Bonchev–Trinajstić information content (AvgIpc) is 3.05. The molecule has 3 aromatic heterocycles. The lowest BCUT2D eigenvalue weighted by atomic mass is 9.92. The topological polar surface area (TPSA) is 71.9 Å². The van der Waals surface area contributed by atoms with E-state index < -0.39 is 0 Å². The van der Waals surface area contributed by atoms with Gasteiger partial charge >= 0.3 is 0 Å². The highest BCUT2D eigenvalue weighted by molar-refractivity contribution is 7.09.